The first kappa shape index (κ1) is 22.7. The minimum atomic E-state index is -0.115. The molecule has 0 saturated carbocycles. The summed E-state index contributed by atoms with van der Waals surface area (Å²) in [5.41, 5.74) is 13.2. The van der Waals surface area contributed by atoms with Gasteiger partial charge in [0, 0.05) is 38.7 Å². The minimum absolute atomic E-state index is 0.115. The van der Waals surface area contributed by atoms with Crippen molar-refractivity contribution >= 4 is 43.7 Å². The zero-order valence-electron chi connectivity index (χ0n) is 23.0. The Morgan fingerprint density at radius 3 is 2.05 bits per heavy atom. The van der Waals surface area contributed by atoms with Gasteiger partial charge in [-0.3, -0.25) is 0 Å². The Hall–Kier alpha value is -5.08. The van der Waals surface area contributed by atoms with Crippen LogP contribution in [0.1, 0.15) is 25.0 Å². The highest BCUT2D eigenvalue weighted by Gasteiger charge is 2.36. The summed E-state index contributed by atoms with van der Waals surface area (Å²) in [5, 5.41) is 4.82. The molecule has 0 fully saturated rings. The smallest absolute Gasteiger partial charge is 0.137 e. The molecule has 8 aromatic rings. The highest BCUT2D eigenvalue weighted by atomic mass is 16.3. The van der Waals surface area contributed by atoms with Crippen molar-refractivity contribution in [3.05, 3.63) is 139 Å². The summed E-state index contributed by atoms with van der Waals surface area (Å²) < 4.78 is 8.74. The lowest BCUT2D eigenvalue weighted by Crippen LogP contribution is -2.15. The van der Waals surface area contributed by atoms with Gasteiger partial charge in [0.05, 0.1) is 11.0 Å². The molecule has 0 unspecified atom stereocenters. The number of benzene rings is 6. The lowest BCUT2D eigenvalue weighted by Gasteiger charge is -2.23. The van der Waals surface area contributed by atoms with Gasteiger partial charge >= 0.3 is 0 Å². The van der Waals surface area contributed by atoms with Crippen molar-refractivity contribution in [1.82, 2.24) is 4.57 Å². The largest absolute Gasteiger partial charge is 0.456 e. The number of rotatable bonds is 2. The molecule has 194 valence electrons. The lowest BCUT2D eigenvalue weighted by molar-refractivity contribution is 0.660. The van der Waals surface area contributed by atoms with E-state index in [9.17, 15) is 0 Å². The fourth-order valence-corrected chi connectivity index (χ4v) is 7.14. The highest BCUT2D eigenvalue weighted by Crippen LogP contribution is 2.50. The van der Waals surface area contributed by atoms with E-state index in [4.69, 9.17) is 4.42 Å². The van der Waals surface area contributed by atoms with Crippen LogP contribution in [0.5, 0.6) is 0 Å². The summed E-state index contributed by atoms with van der Waals surface area (Å²) in [4.78, 5) is 0. The summed E-state index contributed by atoms with van der Waals surface area (Å²) >= 11 is 0. The number of para-hydroxylation sites is 2. The van der Waals surface area contributed by atoms with Gasteiger partial charge in [-0.1, -0.05) is 98.8 Å². The molecule has 2 nitrogen and oxygen atoms in total. The standard InChI is InChI=1S/C39H27NO/c1-39(2)33-20-25(24-10-4-3-5-11-24)16-18-27(33)28-19-17-26(21-34(28)39)40-35-14-8-6-12-29(35)31-22-32-30-13-7-9-15-37(30)41-38(32)23-36(31)40/h3-23H,1-2H3. The molecule has 0 amide bonds. The molecule has 2 heterocycles. The molecule has 41 heavy (non-hydrogen) atoms. The van der Waals surface area contributed by atoms with Crippen LogP contribution in [-0.2, 0) is 5.41 Å². The molecule has 0 spiro atoms. The van der Waals surface area contributed by atoms with Gasteiger partial charge < -0.3 is 8.98 Å². The van der Waals surface area contributed by atoms with Crippen LogP contribution in [-0.4, -0.2) is 4.57 Å². The fourth-order valence-electron chi connectivity index (χ4n) is 7.14. The molecule has 0 atom stereocenters. The van der Waals surface area contributed by atoms with E-state index in [1.54, 1.807) is 0 Å². The molecule has 9 rings (SSSR count). The quantitative estimate of drug-likeness (QED) is 0.219. The molecule has 0 aliphatic heterocycles. The fraction of sp³-hybridized carbons (Fsp3) is 0.0769. The zero-order valence-corrected chi connectivity index (χ0v) is 23.0. The molecule has 0 N–H and O–H groups in total. The Morgan fingerprint density at radius 2 is 1.20 bits per heavy atom. The third-order valence-corrected chi connectivity index (χ3v) is 9.20. The SMILES string of the molecule is CC1(C)c2cc(-c3ccccc3)ccc2-c2ccc(-n3c4ccccc4c4cc5c(cc43)oc3ccccc35)cc21. The number of aromatic nitrogens is 1. The summed E-state index contributed by atoms with van der Waals surface area (Å²) in [6.07, 6.45) is 0. The van der Waals surface area contributed by atoms with Crippen LogP contribution in [0.2, 0.25) is 0 Å². The van der Waals surface area contributed by atoms with E-state index >= 15 is 0 Å². The summed E-state index contributed by atoms with van der Waals surface area (Å²) in [5.74, 6) is 0. The van der Waals surface area contributed by atoms with Gasteiger partial charge in [0.15, 0.2) is 0 Å². The van der Waals surface area contributed by atoms with Crippen LogP contribution >= 0.6 is 0 Å². The molecular formula is C39H27NO. The Kier molecular flexibility index (Phi) is 4.42. The number of hydrogen-bond donors (Lipinski definition) is 0. The second-order valence-corrected chi connectivity index (χ2v) is 11.8. The van der Waals surface area contributed by atoms with Crippen molar-refractivity contribution < 1.29 is 4.42 Å². The van der Waals surface area contributed by atoms with E-state index in [-0.39, 0.29) is 5.41 Å². The van der Waals surface area contributed by atoms with Gasteiger partial charge in [-0.2, -0.15) is 0 Å². The van der Waals surface area contributed by atoms with Gasteiger partial charge in [-0.05, 0) is 69.8 Å². The van der Waals surface area contributed by atoms with Gasteiger partial charge in [-0.25, -0.2) is 0 Å². The van der Waals surface area contributed by atoms with Crippen molar-refractivity contribution in [2.45, 2.75) is 19.3 Å². The maximum absolute atomic E-state index is 6.33. The average molecular weight is 526 g/mol. The second-order valence-electron chi connectivity index (χ2n) is 11.8. The third-order valence-electron chi connectivity index (χ3n) is 9.20. The van der Waals surface area contributed by atoms with Gasteiger partial charge in [-0.15, -0.1) is 0 Å². The van der Waals surface area contributed by atoms with E-state index in [1.165, 1.54) is 55.4 Å². The van der Waals surface area contributed by atoms with Crippen molar-refractivity contribution in [3.8, 4) is 27.9 Å². The van der Waals surface area contributed by atoms with Crippen LogP contribution in [0.4, 0.5) is 0 Å². The Labute approximate surface area is 238 Å². The van der Waals surface area contributed by atoms with Crippen LogP contribution < -0.4 is 0 Å². The van der Waals surface area contributed by atoms with Crippen LogP contribution in [0.15, 0.2) is 132 Å². The monoisotopic (exact) mass is 525 g/mol. The molecule has 0 radical (unpaired) electrons. The molecule has 6 aromatic carbocycles. The molecule has 2 heteroatoms. The van der Waals surface area contributed by atoms with E-state index in [0.29, 0.717) is 0 Å². The Morgan fingerprint density at radius 1 is 0.488 bits per heavy atom. The van der Waals surface area contributed by atoms with E-state index in [0.717, 1.165) is 27.5 Å². The maximum atomic E-state index is 6.33. The van der Waals surface area contributed by atoms with E-state index in [2.05, 4.69) is 140 Å². The summed E-state index contributed by atoms with van der Waals surface area (Å²) in [7, 11) is 0. The normalized spacial score (nSPS) is 13.8. The first-order valence-electron chi connectivity index (χ1n) is 14.3. The minimum Gasteiger partial charge on any atom is -0.456 e. The van der Waals surface area contributed by atoms with Crippen molar-refractivity contribution in [1.29, 1.82) is 0 Å². The number of nitrogens with zero attached hydrogens (tertiary/aromatic N) is 1. The molecule has 0 bridgehead atoms. The second kappa shape index (κ2) is 7.99. The van der Waals surface area contributed by atoms with Gasteiger partial charge in [0.2, 0.25) is 0 Å². The number of furan rings is 1. The zero-order chi connectivity index (χ0) is 27.3. The molecule has 2 aromatic heterocycles. The van der Waals surface area contributed by atoms with Crippen LogP contribution in [0.3, 0.4) is 0 Å². The Bertz CT molecular complexity index is 2330. The van der Waals surface area contributed by atoms with E-state index in [1.807, 2.05) is 6.07 Å². The summed E-state index contributed by atoms with van der Waals surface area (Å²) in [6, 6.07) is 46.2. The van der Waals surface area contributed by atoms with Gasteiger partial charge in [0.1, 0.15) is 11.2 Å². The highest BCUT2D eigenvalue weighted by molar-refractivity contribution is 6.17. The topological polar surface area (TPSA) is 18.1 Å². The Balaban J connectivity index is 1.27. The molecule has 0 saturated heterocycles. The van der Waals surface area contributed by atoms with Crippen molar-refractivity contribution in [2.75, 3.05) is 0 Å². The van der Waals surface area contributed by atoms with Crippen LogP contribution in [0, 0.1) is 0 Å². The lowest BCUT2D eigenvalue weighted by atomic mass is 9.81. The molecular weight excluding hydrogens is 498 g/mol. The van der Waals surface area contributed by atoms with Crippen molar-refractivity contribution in [2.24, 2.45) is 0 Å². The first-order valence-corrected chi connectivity index (χ1v) is 14.3. The number of fused-ring (bicyclic) bond motifs is 9. The predicted molar refractivity (Wildman–Crippen MR) is 171 cm³/mol. The first-order chi connectivity index (χ1) is 20.1. The predicted octanol–water partition coefficient (Wildman–Crippen LogP) is 10.7. The number of hydrogen-bond acceptors (Lipinski definition) is 1. The molecule has 1 aliphatic rings. The van der Waals surface area contributed by atoms with E-state index < -0.39 is 0 Å². The van der Waals surface area contributed by atoms with Crippen molar-refractivity contribution in [3.63, 3.8) is 0 Å². The molecule has 1 aliphatic carbocycles. The van der Waals surface area contributed by atoms with Crippen LogP contribution in [0.25, 0.3) is 71.7 Å². The van der Waals surface area contributed by atoms with Gasteiger partial charge in [0.25, 0.3) is 0 Å². The summed E-state index contributed by atoms with van der Waals surface area (Å²) in [6.45, 7) is 4.72. The average Bonchev–Trinajstić information content (AvgIpc) is 3.61. The maximum Gasteiger partial charge on any atom is 0.137 e. The third kappa shape index (κ3) is 3.08.